The van der Waals surface area contributed by atoms with Crippen LogP contribution in [0.2, 0.25) is 0 Å². The van der Waals surface area contributed by atoms with Crippen LogP contribution in [0, 0.1) is 34.5 Å². The minimum Gasteiger partial charge on any atom is -0.297 e. The first-order valence-corrected chi connectivity index (χ1v) is 11.8. The van der Waals surface area contributed by atoms with E-state index in [0.29, 0.717) is 24.2 Å². The van der Waals surface area contributed by atoms with Crippen molar-refractivity contribution in [2.45, 2.75) is 65.2 Å². The summed E-state index contributed by atoms with van der Waals surface area (Å²) in [4.78, 5) is 24.6. The lowest BCUT2D eigenvalue weighted by molar-refractivity contribution is -0.132. The molecule has 0 aromatic rings. The highest BCUT2D eigenvalue weighted by atomic mass is 32.3. The topological polar surface area (TPSA) is 97.7 Å². The van der Waals surface area contributed by atoms with E-state index in [4.69, 9.17) is 4.55 Å². The molecular formula is C21H30O6S. The van der Waals surface area contributed by atoms with Gasteiger partial charge in [0.05, 0.1) is 0 Å². The van der Waals surface area contributed by atoms with E-state index in [1.165, 1.54) is 5.57 Å². The third kappa shape index (κ3) is 3.19. The fraction of sp³-hybridized carbons (Fsp3) is 0.810. The Morgan fingerprint density at radius 3 is 2.61 bits per heavy atom. The van der Waals surface area contributed by atoms with Gasteiger partial charge in [0.25, 0.3) is 0 Å². The third-order valence-electron chi connectivity index (χ3n) is 8.70. The van der Waals surface area contributed by atoms with Gasteiger partial charge in [-0.2, -0.15) is 8.42 Å². The van der Waals surface area contributed by atoms with Crippen LogP contribution in [0.25, 0.3) is 0 Å². The molecule has 4 rings (SSSR count). The number of fused-ring (bicyclic) bond motifs is 5. The van der Waals surface area contributed by atoms with E-state index < -0.39 is 17.0 Å². The lowest BCUT2D eigenvalue weighted by atomic mass is 9.46. The molecule has 0 aromatic carbocycles. The van der Waals surface area contributed by atoms with Crippen LogP contribution in [0.4, 0.5) is 0 Å². The highest BCUT2D eigenvalue weighted by molar-refractivity contribution is 7.80. The van der Waals surface area contributed by atoms with Gasteiger partial charge in [0, 0.05) is 12.3 Å². The summed E-state index contributed by atoms with van der Waals surface area (Å²) >= 11 is 0. The van der Waals surface area contributed by atoms with Gasteiger partial charge in [-0.15, -0.1) is 0 Å². The monoisotopic (exact) mass is 410 g/mol. The second-order valence-corrected chi connectivity index (χ2v) is 10.9. The van der Waals surface area contributed by atoms with Crippen LogP contribution in [-0.4, -0.2) is 31.1 Å². The number of hydrogen-bond donors (Lipinski definition) is 1. The SMILES string of the molecule is C[C@]12CC[C@H]3[C@@H](CCC4=CC(=O)CC[C@@]43C)[C@@H]1CC[C@@H]2C(=O)COS(=O)(=O)O. The van der Waals surface area contributed by atoms with E-state index >= 15 is 0 Å². The largest absolute Gasteiger partial charge is 0.397 e. The summed E-state index contributed by atoms with van der Waals surface area (Å²) in [7, 11) is -4.60. The first-order valence-electron chi connectivity index (χ1n) is 10.4. The fourth-order valence-electron chi connectivity index (χ4n) is 7.32. The molecule has 0 heterocycles. The van der Waals surface area contributed by atoms with Gasteiger partial charge in [0.1, 0.15) is 6.61 Å². The van der Waals surface area contributed by atoms with Gasteiger partial charge in [-0.3, -0.25) is 14.1 Å². The minimum atomic E-state index is -4.60. The summed E-state index contributed by atoms with van der Waals surface area (Å²) in [5.74, 6) is 1.39. The van der Waals surface area contributed by atoms with Crippen molar-refractivity contribution in [2.75, 3.05) is 6.61 Å². The second kappa shape index (κ2) is 6.74. The summed E-state index contributed by atoms with van der Waals surface area (Å²) in [6.45, 7) is 3.95. The van der Waals surface area contributed by atoms with Crippen molar-refractivity contribution >= 4 is 22.0 Å². The number of ketones is 2. The maximum atomic E-state index is 12.7. The molecule has 0 unspecified atom stereocenters. The van der Waals surface area contributed by atoms with Crippen LogP contribution >= 0.6 is 0 Å². The number of Topliss-reactive ketones (excluding diaryl/α,β-unsaturated/α-hetero) is 1. The van der Waals surface area contributed by atoms with Crippen molar-refractivity contribution in [2.24, 2.45) is 34.5 Å². The van der Waals surface area contributed by atoms with Gasteiger partial charge < -0.3 is 0 Å². The summed E-state index contributed by atoms with van der Waals surface area (Å²) in [6, 6.07) is 0. The average Bonchev–Trinajstić information content (AvgIpc) is 2.97. The van der Waals surface area contributed by atoms with Crippen LogP contribution in [-0.2, 0) is 24.2 Å². The van der Waals surface area contributed by atoms with Crippen LogP contribution in [0.15, 0.2) is 11.6 Å². The van der Waals surface area contributed by atoms with Gasteiger partial charge in [-0.1, -0.05) is 19.4 Å². The minimum absolute atomic E-state index is 0.105. The number of carbonyl (C=O) groups excluding carboxylic acids is 2. The Bertz CT molecular complexity index is 830. The zero-order valence-corrected chi connectivity index (χ0v) is 17.5. The predicted molar refractivity (Wildman–Crippen MR) is 103 cm³/mol. The molecule has 3 saturated carbocycles. The molecule has 0 saturated heterocycles. The molecule has 0 spiro atoms. The molecule has 28 heavy (non-hydrogen) atoms. The number of rotatable bonds is 4. The average molecular weight is 411 g/mol. The molecule has 1 N–H and O–H groups in total. The third-order valence-corrected chi connectivity index (χ3v) is 9.12. The Hall–Kier alpha value is -1.05. The van der Waals surface area contributed by atoms with Crippen molar-refractivity contribution in [1.29, 1.82) is 0 Å². The molecule has 0 amide bonds. The van der Waals surface area contributed by atoms with E-state index in [0.717, 1.165) is 44.9 Å². The van der Waals surface area contributed by atoms with Crippen molar-refractivity contribution in [3.05, 3.63) is 11.6 Å². The Morgan fingerprint density at radius 1 is 1.14 bits per heavy atom. The van der Waals surface area contributed by atoms with E-state index in [1.807, 2.05) is 6.08 Å². The Morgan fingerprint density at radius 2 is 1.89 bits per heavy atom. The van der Waals surface area contributed by atoms with Crippen LogP contribution in [0.5, 0.6) is 0 Å². The van der Waals surface area contributed by atoms with Crippen molar-refractivity contribution in [3.63, 3.8) is 0 Å². The first kappa shape index (κ1) is 20.2. The van der Waals surface area contributed by atoms with Gasteiger partial charge in [-0.25, -0.2) is 4.18 Å². The molecule has 0 radical (unpaired) electrons. The van der Waals surface area contributed by atoms with E-state index in [9.17, 15) is 18.0 Å². The zero-order chi connectivity index (χ0) is 20.3. The van der Waals surface area contributed by atoms with E-state index in [-0.39, 0.29) is 28.3 Å². The number of hydrogen-bond acceptors (Lipinski definition) is 5. The second-order valence-electron chi connectivity index (χ2n) is 9.80. The summed E-state index contributed by atoms with van der Waals surface area (Å²) in [6.07, 6.45) is 9.25. The normalized spacial score (nSPS) is 43.0. The molecule has 156 valence electrons. The molecule has 3 fully saturated rings. The molecule has 0 aliphatic heterocycles. The summed E-state index contributed by atoms with van der Waals surface area (Å²) in [5.41, 5.74) is 1.30. The maximum Gasteiger partial charge on any atom is 0.397 e. The molecule has 7 heteroatoms. The molecule has 0 bridgehead atoms. The molecule has 4 aliphatic rings. The van der Waals surface area contributed by atoms with Gasteiger partial charge >= 0.3 is 10.4 Å². The first-order chi connectivity index (χ1) is 13.0. The number of carbonyl (C=O) groups is 2. The predicted octanol–water partition coefficient (Wildman–Crippen LogP) is 3.52. The molecule has 0 aromatic heterocycles. The van der Waals surface area contributed by atoms with Crippen molar-refractivity contribution in [3.8, 4) is 0 Å². The maximum absolute atomic E-state index is 12.7. The Kier molecular flexibility index (Phi) is 4.87. The highest BCUT2D eigenvalue weighted by Crippen LogP contribution is 2.66. The number of allylic oxidation sites excluding steroid dienone is 1. The lowest BCUT2D eigenvalue weighted by Crippen LogP contribution is -2.51. The van der Waals surface area contributed by atoms with Crippen molar-refractivity contribution < 1.29 is 26.7 Å². The molecule has 6 nitrogen and oxygen atoms in total. The Labute approximate surface area is 167 Å². The molecule has 4 aliphatic carbocycles. The van der Waals surface area contributed by atoms with Gasteiger partial charge in [-0.05, 0) is 79.6 Å². The smallest absolute Gasteiger partial charge is 0.297 e. The van der Waals surface area contributed by atoms with Gasteiger partial charge in [0.15, 0.2) is 11.6 Å². The van der Waals surface area contributed by atoms with Crippen LogP contribution < -0.4 is 0 Å². The highest BCUT2D eigenvalue weighted by Gasteiger charge is 2.60. The Balaban J connectivity index is 1.55. The van der Waals surface area contributed by atoms with Crippen molar-refractivity contribution in [1.82, 2.24) is 0 Å². The van der Waals surface area contributed by atoms with E-state index in [1.54, 1.807) is 0 Å². The lowest BCUT2D eigenvalue weighted by Gasteiger charge is -2.58. The van der Waals surface area contributed by atoms with Crippen LogP contribution in [0.1, 0.15) is 65.2 Å². The van der Waals surface area contributed by atoms with Crippen LogP contribution in [0.3, 0.4) is 0 Å². The fourth-order valence-corrected chi connectivity index (χ4v) is 7.59. The quantitative estimate of drug-likeness (QED) is 0.712. The standard InChI is InChI=1S/C21H30O6S/c1-20-9-7-14(22)11-13(20)3-4-15-16-5-6-18(19(23)12-27-28(24,25)26)21(16,2)10-8-17(15)20/h11,15-18H,3-10,12H2,1-2H3,(H,24,25,26)/t15-,16-,17-,18+,20-,21-/m0/s1. The van der Waals surface area contributed by atoms with Gasteiger partial charge in [0.2, 0.25) is 0 Å². The molecule has 6 atom stereocenters. The summed E-state index contributed by atoms with van der Waals surface area (Å²) < 4.78 is 34.8. The summed E-state index contributed by atoms with van der Waals surface area (Å²) in [5, 5.41) is 0. The zero-order valence-electron chi connectivity index (χ0n) is 16.6. The van der Waals surface area contributed by atoms with E-state index in [2.05, 4.69) is 18.0 Å². The molecular weight excluding hydrogens is 380 g/mol.